The Morgan fingerprint density at radius 3 is 2.38 bits per heavy atom. The van der Waals surface area contributed by atoms with Crippen molar-refractivity contribution in [2.24, 2.45) is 7.05 Å². The molecule has 40 heavy (non-hydrogen) atoms. The number of fused-ring (bicyclic) bond motifs is 4. The Bertz CT molecular complexity index is 2170. The fourth-order valence-electron chi connectivity index (χ4n) is 5.83. The van der Waals surface area contributed by atoms with Crippen molar-refractivity contribution in [3.63, 3.8) is 0 Å². The van der Waals surface area contributed by atoms with Gasteiger partial charge in [0, 0.05) is 46.4 Å². The van der Waals surface area contributed by atoms with E-state index in [1.807, 2.05) is 36.5 Å². The molecule has 0 saturated carbocycles. The van der Waals surface area contributed by atoms with Crippen LogP contribution in [0.15, 0.2) is 132 Å². The van der Waals surface area contributed by atoms with Gasteiger partial charge in [0.1, 0.15) is 17.1 Å². The van der Waals surface area contributed by atoms with Crippen LogP contribution < -0.4 is 0 Å². The van der Waals surface area contributed by atoms with Gasteiger partial charge in [0.15, 0.2) is 0 Å². The van der Waals surface area contributed by atoms with Crippen LogP contribution in [0.1, 0.15) is 0 Å². The van der Waals surface area contributed by atoms with Crippen molar-refractivity contribution in [1.29, 1.82) is 0 Å². The van der Waals surface area contributed by atoms with E-state index in [-0.39, 0.29) is 0 Å². The Balaban J connectivity index is 1.36. The fourth-order valence-corrected chi connectivity index (χ4v) is 5.83. The van der Waals surface area contributed by atoms with Gasteiger partial charge in [-0.1, -0.05) is 54.6 Å². The third-order valence-corrected chi connectivity index (χ3v) is 7.70. The molecule has 0 atom stereocenters. The lowest BCUT2D eigenvalue weighted by atomic mass is 10.1. The van der Waals surface area contributed by atoms with Crippen LogP contribution in [0.5, 0.6) is 0 Å². The topological polar surface area (TPSA) is 48.8 Å². The highest BCUT2D eigenvalue weighted by Gasteiger charge is 2.18. The predicted molar refractivity (Wildman–Crippen MR) is 161 cm³/mol. The smallest absolute Gasteiger partial charge is 0.140 e. The molecule has 8 rings (SSSR count). The van der Waals surface area contributed by atoms with Gasteiger partial charge in [-0.05, 0) is 60.7 Å². The monoisotopic (exact) mass is 516 g/mol. The summed E-state index contributed by atoms with van der Waals surface area (Å²) in [6.45, 7) is 0. The molecule has 0 N–H and O–H groups in total. The van der Waals surface area contributed by atoms with Crippen LogP contribution in [-0.2, 0) is 7.05 Å². The minimum atomic E-state index is 0.818. The summed E-state index contributed by atoms with van der Waals surface area (Å²) in [5.74, 6) is 1.73. The minimum Gasteiger partial charge on any atom is -0.464 e. The molecular formula is C35H24N4O. The van der Waals surface area contributed by atoms with Gasteiger partial charge in [-0.15, -0.1) is 0 Å². The van der Waals surface area contributed by atoms with Gasteiger partial charge >= 0.3 is 0 Å². The quantitative estimate of drug-likeness (QED) is 0.235. The summed E-state index contributed by atoms with van der Waals surface area (Å²) >= 11 is 0. The Hall–Kier alpha value is -5.42. The van der Waals surface area contributed by atoms with Gasteiger partial charge in [-0.2, -0.15) is 0 Å². The number of nitrogens with zero attached hydrogens (tertiary/aromatic N) is 4. The molecule has 4 heterocycles. The summed E-state index contributed by atoms with van der Waals surface area (Å²) in [4.78, 5) is 9.72. The zero-order valence-electron chi connectivity index (χ0n) is 21.8. The lowest BCUT2D eigenvalue weighted by Crippen LogP contribution is -1.96. The maximum Gasteiger partial charge on any atom is 0.140 e. The molecule has 190 valence electrons. The summed E-state index contributed by atoms with van der Waals surface area (Å²) in [5.41, 5.74) is 9.47. The van der Waals surface area contributed by atoms with Crippen molar-refractivity contribution < 1.29 is 4.42 Å². The first kappa shape index (κ1) is 22.6. The largest absolute Gasteiger partial charge is 0.464 e. The SMILES string of the molecule is Cn1c(-c2ccc3c4ccccc4n(-c4cccc(-c5ccccn5)c4)c3c2)nc2c(-c3ccco3)cccc21. The van der Waals surface area contributed by atoms with Gasteiger partial charge < -0.3 is 13.6 Å². The lowest BCUT2D eigenvalue weighted by molar-refractivity contribution is 0.583. The van der Waals surface area contributed by atoms with E-state index in [9.17, 15) is 0 Å². The van der Waals surface area contributed by atoms with Crippen molar-refractivity contribution in [3.8, 4) is 39.7 Å². The van der Waals surface area contributed by atoms with Crippen molar-refractivity contribution >= 4 is 32.8 Å². The highest BCUT2D eigenvalue weighted by atomic mass is 16.3. The number of hydrogen-bond donors (Lipinski definition) is 0. The number of pyridine rings is 1. The Morgan fingerprint density at radius 1 is 0.650 bits per heavy atom. The fraction of sp³-hybridized carbons (Fsp3) is 0.0286. The third kappa shape index (κ3) is 3.41. The van der Waals surface area contributed by atoms with Crippen molar-refractivity contribution in [3.05, 3.63) is 128 Å². The molecule has 0 spiro atoms. The second kappa shape index (κ2) is 8.82. The molecule has 5 heteroatoms. The zero-order valence-corrected chi connectivity index (χ0v) is 21.8. The van der Waals surface area contributed by atoms with Gasteiger partial charge in [-0.3, -0.25) is 4.98 Å². The molecule has 0 aliphatic carbocycles. The van der Waals surface area contributed by atoms with Gasteiger partial charge in [0.2, 0.25) is 0 Å². The maximum atomic E-state index is 5.72. The standard InChI is InChI=1S/C35H24N4O/c1-38-31-15-7-12-28(33-16-8-20-40-33)34(31)37-35(38)24-17-18-27-26-11-2-3-14-30(26)39(32(27)22-24)25-10-6-9-23(21-25)29-13-4-5-19-36-29/h2-22H,1H3. The van der Waals surface area contributed by atoms with Gasteiger partial charge in [-0.25, -0.2) is 4.98 Å². The lowest BCUT2D eigenvalue weighted by Gasteiger charge is -2.11. The highest BCUT2D eigenvalue weighted by molar-refractivity contribution is 6.10. The van der Waals surface area contributed by atoms with Crippen LogP contribution in [0.4, 0.5) is 0 Å². The molecule has 0 radical (unpaired) electrons. The second-order valence-corrected chi connectivity index (χ2v) is 9.99. The van der Waals surface area contributed by atoms with E-state index in [4.69, 9.17) is 9.40 Å². The third-order valence-electron chi connectivity index (χ3n) is 7.70. The molecule has 0 unspecified atom stereocenters. The van der Waals surface area contributed by atoms with Crippen LogP contribution in [0.3, 0.4) is 0 Å². The molecule has 4 aromatic carbocycles. The first-order chi connectivity index (χ1) is 19.8. The molecule has 0 fully saturated rings. The highest BCUT2D eigenvalue weighted by Crippen LogP contribution is 2.37. The van der Waals surface area contributed by atoms with Crippen molar-refractivity contribution in [2.75, 3.05) is 0 Å². The number of benzene rings is 4. The van der Waals surface area contributed by atoms with E-state index in [0.717, 1.165) is 61.7 Å². The Kier molecular flexibility index (Phi) is 4.97. The molecule has 0 aliphatic heterocycles. The number of rotatable bonds is 4. The molecule has 4 aromatic heterocycles. The predicted octanol–water partition coefficient (Wildman–Crippen LogP) is 8.66. The van der Waals surface area contributed by atoms with Crippen molar-refractivity contribution in [2.45, 2.75) is 0 Å². The van der Waals surface area contributed by atoms with Gasteiger partial charge in [0.25, 0.3) is 0 Å². The number of aryl methyl sites for hydroxylation is 1. The van der Waals surface area contributed by atoms with E-state index in [0.29, 0.717) is 0 Å². The van der Waals surface area contributed by atoms with E-state index in [2.05, 4.69) is 106 Å². The summed E-state index contributed by atoms with van der Waals surface area (Å²) in [6.07, 6.45) is 3.54. The number of aromatic nitrogens is 4. The molecular weight excluding hydrogens is 492 g/mol. The molecule has 8 aromatic rings. The summed E-state index contributed by atoms with van der Waals surface area (Å²) in [6, 6.07) is 40.0. The average Bonchev–Trinajstić information content (AvgIpc) is 3.74. The van der Waals surface area contributed by atoms with Crippen LogP contribution in [0, 0.1) is 0 Å². The number of hydrogen-bond acceptors (Lipinski definition) is 3. The molecule has 5 nitrogen and oxygen atoms in total. The van der Waals surface area contributed by atoms with Crippen LogP contribution >= 0.6 is 0 Å². The minimum absolute atomic E-state index is 0.818. The average molecular weight is 517 g/mol. The van der Waals surface area contributed by atoms with Gasteiger partial charge in [0.05, 0.1) is 28.5 Å². The Labute approximate surface area is 230 Å². The summed E-state index contributed by atoms with van der Waals surface area (Å²) < 4.78 is 10.2. The number of imidazole rings is 1. The number of para-hydroxylation sites is 2. The normalized spacial score (nSPS) is 11.6. The van der Waals surface area contributed by atoms with Crippen LogP contribution in [0.25, 0.3) is 72.5 Å². The van der Waals surface area contributed by atoms with E-state index < -0.39 is 0 Å². The van der Waals surface area contributed by atoms with E-state index in [1.54, 1.807) is 6.26 Å². The van der Waals surface area contributed by atoms with E-state index >= 15 is 0 Å². The molecule has 0 saturated heterocycles. The molecule has 0 aliphatic rings. The van der Waals surface area contributed by atoms with Crippen LogP contribution in [0.2, 0.25) is 0 Å². The summed E-state index contributed by atoms with van der Waals surface area (Å²) in [7, 11) is 2.08. The van der Waals surface area contributed by atoms with Crippen molar-refractivity contribution in [1.82, 2.24) is 19.1 Å². The molecule has 0 bridgehead atoms. The first-order valence-electron chi connectivity index (χ1n) is 13.3. The van der Waals surface area contributed by atoms with E-state index in [1.165, 1.54) is 10.8 Å². The second-order valence-electron chi connectivity index (χ2n) is 9.99. The van der Waals surface area contributed by atoms with Crippen LogP contribution in [-0.4, -0.2) is 19.1 Å². The summed E-state index contributed by atoms with van der Waals surface area (Å²) in [5, 5.41) is 2.43. The number of furan rings is 1. The first-order valence-corrected chi connectivity index (χ1v) is 13.3. The maximum absolute atomic E-state index is 5.72. The Morgan fingerprint density at radius 2 is 1.50 bits per heavy atom. The zero-order chi connectivity index (χ0) is 26.6. The molecule has 0 amide bonds.